The van der Waals surface area contributed by atoms with Gasteiger partial charge in [-0.15, -0.1) is 0 Å². The number of hydrogen-bond donors (Lipinski definition) is 1. The third-order valence-electron chi connectivity index (χ3n) is 1.37. The van der Waals surface area contributed by atoms with Gasteiger partial charge in [0, 0.05) is 0 Å². The predicted molar refractivity (Wildman–Crippen MR) is 39.2 cm³/mol. The lowest BCUT2D eigenvalue weighted by Crippen LogP contribution is -2.07. The average molecular weight is 136 g/mol. The second-order valence-corrected chi connectivity index (χ2v) is 2.22. The molecule has 2 heteroatoms. The summed E-state index contributed by atoms with van der Waals surface area (Å²) in [5.74, 6) is -0.0587. The van der Waals surface area contributed by atoms with E-state index in [-0.39, 0.29) is 11.5 Å². The predicted octanol–water partition coefficient (Wildman–Crippen LogP) is 1.29. The third-order valence-corrected chi connectivity index (χ3v) is 1.37. The van der Waals surface area contributed by atoms with Crippen molar-refractivity contribution in [1.82, 2.24) is 0 Å². The van der Waals surface area contributed by atoms with Crippen molar-refractivity contribution in [2.75, 3.05) is 0 Å². The van der Waals surface area contributed by atoms with E-state index in [9.17, 15) is 0 Å². The minimum Gasteiger partial charge on any atom is -0.505 e. The maximum Gasteiger partial charge on any atom is 0.486 e. The summed E-state index contributed by atoms with van der Waals surface area (Å²) in [5.41, 5.74) is 0.887. The maximum atomic E-state index is 8.98. The van der Waals surface area contributed by atoms with E-state index < -0.39 is 0 Å². The summed E-state index contributed by atoms with van der Waals surface area (Å²) >= 11 is 0. The van der Waals surface area contributed by atoms with Gasteiger partial charge in [0.1, 0.15) is 5.76 Å². The van der Waals surface area contributed by atoms with E-state index in [0.717, 1.165) is 0 Å². The highest BCUT2D eigenvalue weighted by Gasteiger charge is 2.31. The number of aliphatic hydroxyl groups excluding tert-OH is 1. The van der Waals surface area contributed by atoms with E-state index in [1.54, 1.807) is 0 Å². The largest absolute Gasteiger partial charge is 0.505 e. The number of rotatable bonds is 0. The Kier molecular flexibility index (Phi) is 1.40. The first-order valence-electron chi connectivity index (χ1n) is 2.87. The zero-order chi connectivity index (χ0) is 7.72. The van der Waals surface area contributed by atoms with E-state index in [1.807, 2.05) is 0 Å². The number of allylic oxidation sites excluding steroid dienone is 3. The van der Waals surface area contributed by atoms with E-state index in [2.05, 4.69) is 6.58 Å². The number of hydrogen-bond acceptors (Lipinski definition) is 1. The molecule has 1 aliphatic rings. The molecule has 0 radical (unpaired) electrons. The molecule has 0 saturated carbocycles. The van der Waals surface area contributed by atoms with Crippen LogP contribution >= 0.6 is 0 Å². The fourth-order valence-corrected chi connectivity index (χ4v) is 0.735. The van der Waals surface area contributed by atoms with Crippen LogP contribution in [0.15, 0.2) is 29.6 Å². The van der Waals surface area contributed by atoms with Crippen LogP contribution in [0.25, 0.3) is 0 Å². The quantitative estimate of drug-likeness (QED) is 0.304. The molecule has 1 aliphatic carbocycles. The van der Waals surface area contributed by atoms with Crippen molar-refractivity contribution in [2.45, 2.75) is 6.42 Å². The Morgan fingerprint density at radius 2 is 2.30 bits per heavy atom. The molecule has 0 aromatic carbocycles. The van der Waals surface area contributed by atoms with Crippen molar-refractivity contribution in [2.24, 2.45) is 0 Å². The van der Waals surface area contributed by atoms with Crippen LogP contribution in [0.4, 0.5) is 0 Å². The Morgan fingerprint density at radius 1 is 1.70 bits per heavy atom. The van der Waals surface area contributed by atoms with Gasteiger partial charge in [-0.25, -0.2) is 0 Å². The lowest BCUT2D eigenvalue weighted by molar-refractivity contribution is 0.420. The summed E-state index contributed by atoms with van der Waals surface area (Å²) < 4.78 is 0. The molecular weight excluding hydrogens is 128 g/mol. The van der Waals surface area contributed by atoms with Crippen molar-refractivity contribution in [3.8, 4) is 0 Å². The molecule has 0 fully saturated rings. The van der Waals surface area contributed by atoms with Crippen molar-refractivity contribution in [3.05, 3.63) is 36.1 Å². The van der Waals surface area contributed by atoms with Crippen LogP contribution in [-0.2, 0) is 0 Å². The maximum absolute atomic E-state index is 8.98. The zero-order valence-electron chi connectivity index (χ0n) is 5.46. The van der Waals surface area contributed by atoms with Crippen molar-refractivity contribution in [1.29, 1.82) is 0 Å². The SMILES string of the molecule is [CH+]=C1CC(=C)C(O)=CC1=[OH+]. The highest BCUT2D eigenvalue weighted by atomic mass is 16.3. The molecule has 0 aromatic heterocycles. The van der Waals surface area contributed by atoms with Crippen LogP contribution in [0.5, 0.6) is 0 Å². The molecule has 0 bridgehead atoms. The van der Waals surface area contributed by atoms with Crippen LogP contribution in [0.3, 0.4) is 0 Å². The van der Waals surface area contributed by atoms with Gasteiger partial charge in [0.05, 0.1) is 13.0 Å². The second kappa shape index (κ2) is 2.09. The van der Waals surface area contributed by atoms with E-state index in [0.29, 0.717) is 17.6 Å². The average Bonchev–Trinajstić information content (AvgIpc) is 1.84. The Balaban J connectivity index is 3.01. The molecule has 0 unspecified atom stereocenters. The standard InChI is InChI=1S/C8H6O2/c1-5-3-6(2)8(10)4-7(5)9/h1,4H,2-3H2/p+2. The van der Waals surface area contributed by atoms with Gasteiger partial charge in [-0.3, -0.25) is 0 Å². The minimum atomic E-state index is -0.0649. The van der Waals surface area contributed by atoms with Crippen LogP contribution in [0.2, 0.25) is 0 Å². The van der Waals surface area contributed by atoms with Gasteiger partial charge in [0.2, 0.25) is 0 Å². The first kappa shape index (κ1) is 6.72. The van der Waals surface area contributed by atoms with E-state index >= 15 is 0 Å². The molecule has 2 N–H and O–H groups in total. The summed E-state index contributed by atoms with van der Waals surface area (Å²) in [5, 5.41) is 8.98. The normalized spacial score (nSPS) is 19.1. The Hall–Kier alpha value is -1.40. The van der Waals surface area contributed by atoms with Gasteiger partial charge >= 0.3 is 5.78 Å². The molecule has 10 heavy (non-hydrogen) atoms. The fourth-order valence-electron chi connectivity index (χ4n) is 0.735. The van der Waals surface area contributed by atoms with Crippen LogP contribution < -0.4 is 0 Å². The Morgan fingerprint density at radius 3 is 2.80 bits per heavy atom. The molecule has 2 nitrogen and oxygen atoms in total. The first-order valence-corrected chi connectivity index (χ1v) is 2.87. The fraction of sp³-hybridized carbons (Fsp3) is 0.125. The summed E-state index contributed by atoms with van der Waals surface area (Å²) in [6.45, 7) is 8.88. The zero-order valence-corrected chi connectivity index (χ0v) is 5.46. The van der Waals surface area contributed by atoms with Crippen molar-refractivity contribution in [3.63, 3.8) is 0 Å². The molecule has 0 aromatic rings. The van der Waals surface area contributed by atoms with Gasteiger partial charge in [-0.1, -0.05) is 6.58 Å². The van der Waals surface area contributed by atoms with Gasteiger partial charge < -0.3 is 5.11 Å². The minimum absolute atomic E-state index is 0.00620. The molecule has 1 rings (SSSR count). The smallest absolute Gasteiger partial charge is 0.486 e. The summed E-state index contributed by atoms with van der Waals surface area (Å²) in [4.78, 5) is 8.94. The van der Waals surface area contributed by atoms with E-state index in [1.165, 1.54) is 6.08 Å². The first-order chi connectivity index (χ1) is 4.61. The summed E-state index contributed by atoms with van der Waals surface area (Å²) in [7, 11) is 0. The Labute approximate surface area is 59.2 Å². The van der Waals surface area contributed by atoms with Gasteiger partial charge in [-0.2, -0.15) is 4.79 Å². The summed E-state index contributed by atoms with van der Waals surface area (Å²) in [6, 6.07) is 0. The lowest BCUT2D eigenvalue weighted by Gasteiger charge is -2.01. The highest BCUT2D eigenvalue weighted by Crippen LogP contribution is 2.20. The van der Waals surface area contributed by atoms with Crippen LogP contribution in [0.1, 0.15) is 6.42 Å². The highest BCUT2D eigenvalue weighted by molar-refractivity contribution is 6.06. The second-order valence-electron chi connectivity index (χ2n) is 2.22. The molecule has 0 aliphatic heterocycles. The monoisotopic (exact) mass is 136 g/mol. The molecule has 0 heterocycles. The van der Waals surface area contributed by atoms with Gasteiger partial charge in [0.25, 0.3) is 5.57 Å². The number of ketones is 1. The molecular formula is C8H8O2+2. The van der Waals surface area contributed by atoms with Crippen molar-refractivity contribution < 1.29 is 9.90 Å². The lowest BCUT2D eigenvalue weighted by atomic mass is 9.96. The van der Waals surface area contributed by atoms with Gasteiger partial charge in [0.15, 0.2) is 6.08 Å². The topological polar surface area (TPSA) is 41.6 Å². The molecule has 0 atom stereocenters. The molecule has 0 amide bonds. The van der Waals surface area contributed by atoms with E-state index in [4.69, 9.17) is 16.5 Å². The summed E-state index contributed by atoms with van der Waals surface area (Å²) in [6.07, 6.45) is 1.54. The third kappa shape index (κ3) is 0.971. The number of aliphatic hydroxyl groups is 1. The molecule has 50 valence electrons. The number of carbonyl (C=O) groups excluding carboxylic acids is 1. The molecule has 0 spiro atoms. The van der Waals surface area contributed by atoms with Crippen LogP contribution in [-0.4, -0.2) is 15.7 Å². The van der Waals surface area contributed by atoms with Gasteiger partial charge in [-0.05, 0) is 5.57 Å². The van der Waals surface area contributed by atoms with Crippen LogP contribution in [0, 0.1) is 6.58 Å². The molecule has 0 saturated heterocycles. The van der Waals surface area contributed by atoms with Crippen molar-refractivity contribution >= 4 is 5.78 Å². The Bertz CT molecular complexity index is 246.